The van der Waals surface area contributed by atoms with Gasteiger partial charge in [0.05, 0.1) is 24.2 Å². The maximum Gasteiger partial charge on any atom is 0.269 e. The molecule has 0 saturated carbocycles. The molecule has 8 rings (SSSR count). The second-order valence-corrected chi connectivity index (χ2v) is 14.5. The largest absolute Gasteiger partial charge is 0.494 e. The van der Waals surface area contributed by atoms with Gasteiger partial charge < -0.3 is 41.5 Å². The van der Waals surface area contributed by atoms with Gasteiger partial charge in [-0.2, -0.15) is 10.2 Å². The Balaban J connectivity index is 1.09. The third kappa shape index (κ3) is 6.58. The molecule has 3 aliphatic heterocycles. The zero-order chi connectivity index (χ0) is 40.9. The number of rotatable bonds is 7. The van der Waals surface area contributed by atoms with Crippen LogP contribution in [-0.4, -0.2) is 108 Å². The number of likely N-dealkylation sites (tertiary alicyclic amines) is 2. The van der Waals surface area contributed by atoms with Gasteiger partial charge >= 0.3 is 0 Å². The molecule has 2 fully saturated rings. The van der Waals surface area contributed by atoms with Gasteiger partial charge in [0, 0.05) is 81.1 Å². The first-order chi connectivity index (χ1) is 27.8. The Morgan fingerprint density at radius 3 is 2.33 bits per heavy atom. The number of hydrogen-bond donors (Lipinski definition) is 5. The molecular formula is C42H39N9O7. The molecule has 0 aliphatic carbocycles. The summed E-state index contributed by atoms with van der Waals surface area (Å²) in [5.74, 6) is 9.56. The summed E-state index contributed by atoms with van der Waals surface area (Å²) in [6, 6.07) is 17.4. The van der Waals surface area contributed by atoms with Crippen LogP contribution in [0.2, 0.25) is 0 Å². The summed E-state index contributed by atoms with van der Waals surface area (Å²) in [6.07, 6.45) is 0.757. The molecule has 0 bridgehead atoms. The van der Waals surface area contributed by atoms with E-state index in [2.05, 4.69) is 39.2 Å². The van der Waals surface area contributed by atoms with Crippen molar-refractivity contribution in [3.05, 3.63) is 100.0 Å². The van der Waals surface area contributed by atoms with Crippen LogP contribution in [0.4, 0.5) is 0 Å². The zero-order valence-electron chi connectivity index (χ0n) is 31.7. The number of nitrogens with zero attached hydrogens (tertiary/aromatic N) is 6. The van der Waals surface area contributed by atoms with Crippen molar-refractivity contribution in [2.75, 3.05) is 33.8 Å². The molecule has 294 valence electrons. The van der Waals surface area contributed by atoms with E-state index in [9.17, 15) is 29.4 Å². The fraction of sp³-hybridized carbons (Fsp3) is 0.286. The smallest absolute Gasteiger partial charge is 0.269 e. The van der Waals surface area contributed by atoms with E-state index in [-0.39, 0.29) is 37.3 Å². The predicted octanol–water partition coefficient (Wildman–Crippen LogP) is 0.523. The lowest BCUT2D eigenvalue weighted by Gasteiger charge is -2.20. The van der Waals surface area contributed by atoms with E-state index in [1.807, 2.05) is 0 Å². The van der Waals surface area contributed by atoms with E-state index < -0.39 is 34.8 Å². The predicted molar refractivity (Wildman–Crippen MR) is 210 cm³/mol. The number of aromatic nitrogens is 4. The minimum absolute atomic E-state index is 0.0323. The maximum absolute atomic E-state index is 13.9. The zero-order valence-corrected chi connectivity index (χ0v) is 31.7. The number of hydrogen-bond acceptors (Lipinski definition) is 10. The Labute approximate surface area is 332 Å². The first kappa shape index (κ1) is 37.9. The highest BCUT2D eigenvalue weighted by Crippen LogP contribution is 2.32. The number of primary amides is 2. The molecule has 0 radical (unpaired) electrons. The average molecular weight is 782 g/mol. The highest BCUT2D eigenvalue weighted by Gasteiger charge is 2.45. The van der Waals surface area contributed by atoms with Gasteiger partial charge in [0.25, 0.3) is 23.6 Å². The number of ether oxygens (including phenoxy) is 1. The molecule has 5 heterocycles. The van der Waals surface area contributed by atoms with E-state index in [4.69, 9.17) is 16.2 Å². The van der Waals surface area contributed by atoms with Crippen LogP contribution < -0.4 is 21.5 Å². The summed E-state index contributed by atoms with van der Waals surface area (Å²) < 4.78 is 8.74. The lowest BCUT2D eigenvalue weighted by atomic mass is 10.0. The number of likely N-dealkylation sites (N-methyl/N-ethyl adjacent to an activating group) is 1. The van der Waals surface area contributed by atoms with E-state index in [0.29, 0.717) is 76.3 Å². The summed E-state index contributed by atoms with van der Waals surface area (Å²) in [5.41, 5.74) is 12.3. The van der Waals surface area contributed by atoms with Gasteiger partial charge in [-0.05, 0) is 42.0 Å². The van der Waals surface area contributed by atoms with Gasteiger partial charge in [-0.15, -0.1) is 0 Å². The van der Waals surface area contributed by atoms with Gasteiger partial charge in [-0.25, -0.2) is 9.36 Å². The number of amides is 4. The van der Waals surface area contributed by atoms with Crippen molar-refractivity contribution in [1.82, 2.24) is 34.7 Å². The van der Waals surface area contributed by atoms with Crippen molar-refractivity contribution in [2.24, 2.45) is 11.5 Å². The number of para-hydroxylation sites is 1. The molecule has 2 unspecified atom stereocenters. The van der Waals surface area contributed by atoms with Crippen LogP contribution in [0.5, 0.6) is 5.75 Å². The summed E-state index contributed by atoms with van der Waals surface area (Å²) in [6.45, 7) is 1.68. The van der Waals surface area contributed by atoms with Crippen LogP contribution in [0.3, 0.4) is 0 Å². The Morgan fingerprint density at radius 2 is 1.59 bits per heavy atom. The van der Waals surface area contributed by atoms with E-state index in [1.165, 1.54) is 21.6 Å². The lowest BCUT2D eigenvalue weighted by Crippen LogP contribution is -2.38. The normalized spacial score (nSPS) is 20.1. The molecule has 16 heteroatoms. The van der Waals surface area contributed by atoms with Gasteiger partial charge in [-0.3, -0.25) is 19.2 Å². The van der Waals surface area contributed by atoms with Crippen LogP contribution in [0.15, 0.2) is 60.7 Å². The number of fused-ring (bicyclic) bond motifs is 2. The first-order valence-electron chi connectivity index (χ1n) is 18.6. The number of benzene rings is 3. The summed E-state index contributed by atoms with van der Waals surface area (Å²) in [4.78, 5) is 54.1. The molecule has 4 amide bonds. The quantitative estimate of drug-likeness (QED) is 0.144. The topological polar surface area (TPSA) is 224 Å². The third-order valence-corrected chi connectivity index (χ3v) is 10.8. The number of carbonyl (C=O) groups excluding carboxylic acids is 4. The fourth-order valence-electron chi connectivity index (χ4n) is 7.65. The summed E-state index contributed by atoms with van der Waals surface area (Å²) in [7, 11) is 3.11. The van der Waals surface area contributed by atoms with Gasteiger partial charge in [-0.1, -0.05) is 47.9 Å². The summed E-state index contributed by atoms with van der Waals surface area (Å²) >= 11 is 0. The van der Waals surface area contributed by atoms with E-state index in [1.54, 1.807) is 72.4 Å². The SMILES string of the molecule is COc1cccc2c(C(N)=O)nn(-c3cccc(C#CC4(O)CCN(Cc5ccc(-n6nc(C(N)=O)c7c6CCNC7)cc5C#CC5(O)CCN(C)C5=O)C4=O)c3)c12. The van der Waals surface area contributed by atoms with E-state index >= 15 is 0 Å². The standard InChI is InChI=1S/C42H39N9O7/c1-48-19-16-41(56,39(48)54)15-12-26-22-29(50-32-13-18-45-23-31(32)35(46-50)38(44)53)10-9-27(26)24-49-20-17-42(57,40(49)55)14-11-25-5-3-6-28(21-25)51-36-30(34(47-51)37(43)52)7-4-8-33(36)58-2/h3-10,21-22,45,56-57H,13,16-20,23-24H2,1-2H3,(H2,43,52)(H2,44,53). The lowest BCUT2D eigenvalue weighted by molar-refractivity contribution is -0.139. The highest BCUT2D eigenvalue weighted by molar-refractivity contribution is 6.06. The van der Waals surface area contributed by atoms with Crippen molar-refractivity contribution in [3.8, 4) is 40.8 Å². The molecule has 58 heavy (non-hydrogen) atoms. The Kier molecular flexibility index (Phi) is 9.49. The van der Waals surface area contributed by atoms with Crippen LogP contribution in [0.25, 0.3) is 22.3 Å². The number of nitrogens with one attached hydrogen (secondary N) is 1. The molecule has 16 nitrogen and oxygen atoms in total. The first-order valence-corrected chi connectivity index (χ1v) is 18.6. The van der Waals surface area contributed by atoms with E-state index in [0.717, 1.165) is 5.69 Å². The molecule has 2 aromatic heterocycles. The second-order valence-electron chi connectivity index (χ2n) is 14.5. The molecule has 5 aromatic rings. The molecule has 0 spiro atoms. The average Bonchev–Trinajstić information content (AvgIpc) is 3.96. The fourth-order valence-corrected chi connectivity index (χ4v) is 7.65. The van der Waals surface area contributed by atoms with Crippen LogP contribution in [0.1, 0.15) is 61.8 Å². The van der Waals surface area contributed by atoms with Crippen molar-refractivity contribution < 1.29 is 34.1 Å². The molecule has 2 saturated heterocycles. The van der Waals surface area contributed by atoms with Crippen molar-refractivity contribution >= 4 is 34.5 Å². The number of carbonyl (C=O) groups is 4. The number of aliphatic hydroxyl groups is 2. The molecular weight excluding hydrogens is 743 g/mol. The minimum Gasteiger partial charge on any atom is -0.494 e. The summed E-state index contributed by atoms with van der Waals surface area (Å²) in [5, 5.41) is 35.5. The second kappa shape index (κ2) is 14.5. The van der Waals surface area contributed by atoms with Crippen molar-refractivity contribution in [2.45, 2.75) is 43.6 Å². The maximum atomic E-state index is 13.9. The van der Waals surface area contributed by atoms with Crippen molar-refractivity contribution in [3.63, 3.8) is 0 Å². The molecule has 3 aromatic carbocycles. The van der Waals surface area contributed by atoms with Gasteiger partial charge in [0.1, 0.15) is 11.3 Å². The number of nitrogens with two attached hydrogens (primary N) is 2. The molecule has 7 N–H and O–H groups in total. The van der Waals surface area contributed by atoms with Gasteiger partial charge in [0.2, 0.25) is 11.2 Å². The van der Waals surface area contributed by atoms with Crippen LogP contribution in [-0.2, 0) is 29.1 Å². The monoisotopic (exact) mass is 781 g/mol. The highest BCUT2D eigenvalue weighted by atomic mass is 16.5. The van der Waals surface area contributed by atoms with Crippen molar-refractivity contribution in [1.29, 1.82) is 0 Å². The molecule has 3 aliphatic rings. The minimum atomic E-state index is -1.99. The Hall–Kier alpha value is -6.98. The Bertz CT molecular complexity index is 2700. The third-order valence-electron chi connectivity index (χ3n) is 10.8. The van der Waals surface area contributed by atoms with Crippen LogP contribution >= 0.6 is 0 Å². The van der Waals surface area contributed by atoms with Crippen LogP contribution in [0, 0.1) is 23.7 Å². The molecule has 2 atom stereocenters. The Morgan fingerprint density at radius 1 is 0.879 bits per heavy atom. The van der Waals surface area contributed by atoms with Gasteiger partial charge in [0.15, 0.2) is 11.4 Å². The number of methoxy groups -OCH3 is 1.